The molecule has 28 heavy (non-hydrogen) atoms. The van der Waals surface area contributed by atoms with Crippen LogP contribution in [0.2, 0.25) is 0 Å². The van der Waals surface area contributed by atoms with Gasteiger partial charge in [-0.1, -0.05) is 30.3 Å². The van der Waals surface area contributed by atoms with Gasteiger partial charge in [-0.25, -0.2) is 4.79 Å². The first-order chi connectivity index (χ1) is 13.3. The number of carboxylic acid groups (broad SMARTS) is 1. The van der Waals surface area contributed by atoms with E-state index in [0.717, 1.165) is 5.56 Å². The van der Waals surface area contributed by atoms with Gasteiger partial charge in [0.25, 0.3) is 0 Å². The van der Waals surface area contributed by atoms with Crippen LogP contribution in [0.4, 0.5) is 0 Å². The molecule has 0 aliphatic heterocycles. The van der Waals surface area contributed by atoms with Crippen LogP contribution >= 0.6 is 7.60 Å². The maximum absolute atomic E-state index is 12.8. The second-order valence-corrected chi connectivity index (χ2v) is 9.01. The Balaban J connectivity index is 1.95. The van der Waals surface area contributed by atoms with Gasteiger partial charge in [-0.3, -0.25) is 13.9 Å². The minimum atomic E-state index is -4.35. The van der Waals surface area contributed by atoms with Crippen molar-refractivity contribution in [2.75, 3.05) is 6.54 Å². The molecule has 5 N–H and O–H groups in total. The van der Waals surface area contributed by atoms with E-state index in [9.17, 15) is 24.2 Å². The molecule has 1 aliphatic rings. The highest BCUT2D eigenvalue weighted by molar-refractivity contribution is 7.53. The second kappa shape index (κ2) is 10.7. The van der Waals surface area contributed by atoms with Gasteiger partial charge in [0.2, 0.25) is 5.91 Å². The Morgan fingerprint density at radius 2 is 1.93 bits per heavy atom. The predicted molar refractivity (Wildman–Crippen MR) is 105 cm³/mol. The highest BCUT2D eigenvalue weighted by Crippen LogP contribution is 2.56. The zero-order valence-electron chi connectivity index (χ0n) is 15.8. The van der Waals surface area contributed by atoms with E-state index in [1.165, 1.54) is 0 Å². The maximum Gasteiger partial charge on any atom is 0.351 e. The summed E-state index contributed by atoms with van der Waals surface area (Å²) >= 11 is 0. The first-order valence-electron chi connectivity index (χ1n) is 9.60. The van der Waals surface area contributed by atoms with E-state index >= 15 is 0 Å². The van der Waals surface area contributed by atoms with E-state index < -0.39 is 25.5 Å². The van der Waals surface area contributed by atoms with Gasteiger partial charge in [-0.2, -0.15) is 0 Å². The summed E-state index contributed by atoms with van der Waals surface area (Å²) < 4.78 is 17.9. The van der Waals surface area contributed by atoms with Crippen LogP contribution < -0.4 is 11.1 Å². The van der Waals surface area contributed by atoms with Crippen molar-refractivity contribution < 1.29 is 28.7 Å². The summed E-state index contributed by atoms with van der Waals surface area (Å²) in [6.07, 6.45) is 1.85. The van der Waals surface area contributed by atoms with E-state index in [4.69, 9.17) is 10.3 Å². The Labute approximate surface area is 165 Å². The molecular formula is C19H29N2O6P. The van der Waals surface area contributed by atoms with Crippen LogP contribution in [0.5, 0.6) is 0 Å². The number of amides is 1. The van der Waals surface area contributed by atoms with Crippen LogP contribution in [0, 0.1) is 5.92 Å². The minimum Gasteiger partial charge on any atom is -0.479 e. The van der Waals surface area contributed by atoms with Gasteiger partial charge in [0.05, 0.1) is 0 Å². The third-order valence-electron chi connectivity index (χ3n) is 4.69. The smallest absolute Gasteiger partial charge is 0.351 e. The topological polar surface area (TPSA) is 139 Å². The van der Waals surface area contributed by atoms with Crippen molar-refractivity contribution in [1.29, 1.82) is 0 Å². The third kappa shape index (κ3) is 7.36. The van der Waals surface area contributed by atoms with Crippen LogP contribution in [-0.2, 0) is 25.1 Å². The molecule has 0 saturated heterocycles. The molecule has 9 heteroatoms. The summed E-state index contributed by atoms with van der Waals surface area (Å²) in [7, 11) is -4.35. The molecule has 0 heterocycles. The Hall–Kier alpha value is -1.73. The molecule has 1 saturated carbocycles. The Bertz CT molecular complexity index is 695. The highest BCUT2D eigenvalue weighted by atomic mass is 31.2. The molecular weight excluding hydrogens is 383 g/mol. The molecule has 2 unspecified atom stereocenters. The predicted octanol–water partition coefficient (Wildman–Crippen LogP) is 2.26. The maximum atomic E-state index is 12.8. The fourth-order valence-corrected chi connectivity index (χ4v) is 4.79. The molecule has 1 aromatic rings. The normalized spacial score (nSPS) is 18.1. The van der Waals surface area contributed by atoms with Gasteiger partial charge < -0.3 is 21.1 Å². The summed E-state index contributed by atoms with van der Waals surface area (Å²) in [5.74, 6) is -2.90. The molecule has 1 fully saturated rings. The molecule has 1 aromatic carbocycles. The summed E-state index contributed by atoms with van der Waals surface area (Å²) in [5, 5.41) is 11.9. The van der Waals surface area contributed by atoms with Gasteiger partial charge >= 0.3 is 13.6 Å². The highest BCUT2D eigenvalue weighted by Gasteiger charge is 2.46. The molecule has 1 amide bonds. The summed E-state index contributed by atoms with van der Waals surface area (Å²) in [5.41, 5.74) is 6.40. The molecule has 0 aromatic heterocycles. The summed E-state index contributed by atoms with van der Waals surface area (Å²) in [6.45, 7) is 0.408. The third-order valence-corrected chi connectivity index (χ3v) is 6.50. The SMILES string of the molecule is NCCCCC(OP(=O)(O)[C@H](NC(=O)CCc1ccccc1)C1CC1)C(=O)O. The lowest BCUT2D eigenvalue weighted by Gasteiger charge is -2.26. The standard InChI is InChI=1S/C19H29N2O6P/c20-13-5-4-8-16(19(23)24)27-28(25,26)18(15-10-11-15)21-17(22)12-9-14-6-2-1-3-7-14/h1-3,6-7,15-16,18H,4-5,8-13,20H2,(H,21,22)(H,23,24)(H,25,26)/t16?,18-/m0/s1. The number of nitrogens with one attached hydrogen (secondary N) is 1. The van der Waals surface area contributed by atoms with E-state index in [0.29, 0.717) is 38.6 Å². The average molecular weight is 412 g/mol. The van der Waals surface area contributed by atoms with Gasteiger partial charge in [-0.15, -0.1) is 0 Å². The van der Waals surface area contributed by atoms with Gasteiger partial charge in [0.15, 0.2) is 6.10 Å². The largest absolute Gasteiger partial charge is 0.479 e. The molecule has 0 spiro atoms. The van der Waals surface area contributed by atoms with Crippen molar-refractivity contribution in [2.45, 2.75) is 56.8 Å². The molecule has 8 nitrogen and oxygen atoms in total. The molecule has 0 bridgehead atoms. The number of hydrogen-bond acceptors (Lipinski definition) is 5. The van der Waals surface area contributed by atoms with Gasteiger partial charge in [0, 0.05) is 6.42 Å². The number of aryl methyl sites for hydroxylation is 1. The number of unbranched alkanes of at least 4 members (excludes halogenated alkanes) is 1. The number of aliphatic carboxylic acids is 1. The van der Waals surface area contributed by atoms with Gasteiger partial charge in [-0.05, 0) is 56.6 Å². The minimum absolute atomic E-state index is 0.0937. The van der Waals surface area contributed by atoms with Gasteiger partial charge in [0.1, 0.15) is 5.78 Å². The van der Waals surface area contributed by atoms with E-state index in [1.54, 1.807) is 0 Å². The Morgan fingerprint density at radius 3 is 2.50 bits per heavy atom. The first-order valence-corrected chi connectivity index (χ1v) is 11.2. The first kappa shape index (κ1) is 22.6. The van der Waals surface area contributed by atoms with E-state index in [-0.39, 0.29) is 24.7 Å². The lowest BCUT2D eigenvalue weighted by Crippen LogP contribution is -2.38. The van der Waals surface area contributed by atoms with Crippen LogP contribution in [0.25, 0.3) is 0 Å². The Kier molecular flexibility index (Phi) is 8.63. The number of carbonyl (C=O) groups excluding carboxylic acids is 1. The number of hydrogen-bond donors (Lipinski definition) is 4. The molecule has 2 rings (SSSR count). The Morgan fingerprint density at radius 1 is 1.25 bits per heavy atom. The molecule has 3 atom stereocenters. The zero-order chi connectivity index (χ0) is 20.6. The molecule has 156 valence electrons. The number of nitrogens with two attached hydrogens (primary N) is 1. The number of benzene rings is 1. The second-order valence-electron chi connectivity index (χ2n) is 7.12. The van der Waals surface area contributed by atoms with Crippen molar-refractivity contribution in [2.24, 2.45) is 11.7 Å². The van der Waals surface area contributed by atoms with E-state index in [2.05, 4.69) is 5.32 Å². The van der Waals surface area contributed by atoms with Crippen molar-refractivity contribution in [3.63, 3.8) is 0 Å². The van der Waals surface area contributed by atoms with Crippen molar-refractivity contribution >= 4 is 19.5 Å². The van der Waals surface area contributed by atoms with Crippen LogP contribution in [0.1, 0.15) is 44.1 Å². The van der Waals surface area contributed by atoms with Crippen LogP contribution in [0.3, 0.4) is 0 Å². The fourth-order valence-electron chi connectivity index (χ4n) is 2.96. The monoisotopic (exact) mass is 412 g/mol. The molecule has 0 radical (unpaired) electrons. The van der Waals surface area contributed by atoms with Crippen molar-refractivity contribution in [1.82, 2.24) is 5.32 Å². The lowest BCUT2D eigenvalue weighted by atomic mass is 10.1. The van der Waals surface area contributed by atoms with Crippen molar-refractivity contribution in [3.05, 3.63) is 35.9 Å². The van der Waals surface area contributed by atoms with Crippen LogP contribution in [0.15, 0.2) is 30.3 Å². The average Bonchev–Trinajstić information content (AvgIpc) is 3.49. The van der Waals surface area contributed by atoms with Crippen molar-refractivity contribution in [3.8, 4) is 0 Å². The lowest BCUT2D eigenvalue weighted by molar-refractivity contribution is -0.145. The quantitative estimate of drug-likeness (QED) is 0.288. The zero-order valence-corrected chi connectivity index (χ0v) is 16.7. The summed E-state index contributed by atoms with van der Waals surface area (Å²) in [6, 6.07) is 9.47. The molecule has 1 aliphatic carbocycles. The number of carboxylic acids is 1. The number of rotatable bonds is 13. The summed E-state index contributed by atoms with van der Waals surface area (Å²) in [4.78, 5) is 34.1. The van der Waals surface area contributed by atoms with E-state index in [1.807, 2.05) is 30.3 Å². The fraction of sp³-hybridized carbons (Fsp3) is 0.579. The number of carbonyl (C=O) groups is 2. The van der Waals surface area contributed by atoms with Crippen LogP contribution in [-0.4, -0.2) is 40.3 Å².